The van der Waals surface area contributed by atoms with Gasteiger partial charge in [-0.2, -0.15) is 9.78 Å². The van der Waals surface area contributed by atoms with Crippen LogP contribution in [0.5, 0.6) is 0 Å². The van der Waals surface area contributed by atoms with Crippen molar-refractivity contribution in [3.05, 3.63) is 89.5 Å². The Balaban J connectivity index is 1.74. The molecule has 3 aromatic carbocycles. The van der Waals surface area contributed by atoms with E-state index >= 15 is 0 Å². The molecule has 176 valence electrons. The summed E-state index contributed by atoms with van der Waals surface area (Å²) in [6.07, 6.45) is 1.64. The molecular formula is C27H25N5O2S. The molecule has 35 heavy (non-hydrogen) atoms. The van der Waals surface area contributed by atoms with Crippen LogP contribution in [0.15, 0.2) is 87.7 Å². The zero-order valence-corrected chi connectivity index (χ0v) is 20.5. The number of anilines is 1. The van der Waals surface area contributed by atoms with Crippen molar-refractivity contribution in [2.45, 2.75) is 36.5 Å². The third-order valence-corrected chi connectivity index (χ3v) is 7.74. The van der Waals surface area contributed by atoms with Crippen molar-refractivity contribution in [1.82, 2.24) is 14.6 Å². The SMILES string of the molecule is Cc1cccc(S(=O)(=O)c2c(N)n(N=Cc3ccc(C(C)C)cc3)c3nc4ccccc4nc23)c1. The molecule has 0 fully saturated rings. The second kappa shape index (κ2) is 8.63. The maximum absolute atomic E-state index is 13.7. The highest BCUT2D eigenvalue weighted by atomic mass is 32.2. The molecule has 5 aromatic rings. The highest BCUT2D eigenvalue weighted by Gasteiger charge is 2.30. The van der Waals surface area contributed by atoms with Gasteiger partial charge >= 0.3 is 0 Å². The number of hydrogen-bond acceptors (Lipinski definition) is 6. The molecule has 0 aliphatic heterocycles. The molecule has 5 rings (SSSR count). The fourth-order valence-electron chi connectivity index (χ4n) is 4.00. The lowest BCUT2D eigenvalue weighted by Gasteiger charge is -2.06. The first kappa shape index (κ1) is 22.7. The first-order valence-corrected chi connectivity index (χ1v) is 12.8. The van der Waals surface area contributed by atoms with Gasteiger partial charge in [0.1, 0.15) is 16.2 Å². The summed E-state index contributed by atoms with van der Waals surface area (Å²) in [4.78, 5) is 9.37. The van der Waals surface area contributed by atoms with Gasteiger partial charge in [-0.1, -0.05) is 62.4 Å². The number of para-hydroxylation sites is 2. The number of nitrogens with zero attached hydrogens (tertiary/aromatic N) is 4. The number of fused-ring (bicyclic) bond motifs is 2. The Morgan fingerprint density at radius 3 is 2.29 bits per heavy atom. The van der Waals surface area contributed by atoms with E-state index in [4.69, 9.17) is 5.73 Å². The number of hydrogen-bond donors (Lipinski definition) is 1. The fraction of sp³-hybridized carbons (Fsp3) is 0.148. The lowest BCUT2D eigenvalue weighted by molar-refractivity contribution is 0.597. The average Bonchev–Trinajstić information content (AvgIpc) is 3.12. The summed E-state index contributed by atoms with van der Waals surface area (Å²) in [5.41, 5.74) is 11.0. The molecule has 2 aromatic heterocycles. The van der Waals surface area contributed by atoms with Crippen LogP contribution in [-0.4, -0.2) is 29.3 Å². The monoisotopic (exact) mass is 483 g/mol. The molecule has 2 N–H and O–H groups in total. The van der Waals surface area contributed by atoms with E-state index < -0.39 is 9.84 Å². The van der Waals surface area contributed by atoms with Gasteiger partial charge in [-0.25, -0.2) is 18.4 Å². The Morgan fingerprint density at radius 1 is 0.943 bits per heavy atom. The number of nitrogens with two attached hydrogens (primary N) is 1. The van der Waals surface area contributed by atoms with Crippen molar-refractivity contribution >= 4 is 44.1 Å². The third-order valence-electron chi connectivity index (χ3n) is 5.92. The lowest BCUT2D eigenvalue weighted by atomic mass is 10.0. The van der Waals surface area contributed by atoms with Crippen molar-refractivity contribution in [2.24, 2.45) is 5.10 Å². The van der Waals surface area contributed by atoms with E-state index in [2.05, 4.69) is 28.9 Å². The quantitative estimate of drug-likeness (QED) is 0.341. The minimum Gasteiger partial charge on any atom is -0.382 e. The van der Waals surface area contributed by atoms with Gasteiger partial charge in [0.2, 0.25) is 9.84 Å². The molecular weight excluding hydrogens is 458 g/mol. The Hall–Kier alpha value is -4.04. The predicted octanol–water partition coefficient (Wildman–Crippen LogP) is 5.31. The van der Waals surface area contributed by atoms with E-state index in [9.17, 15) is 8.42 Å². The molecule has 0 aliphatic rings. The summed E-state index contributed by atoms with van der Waals surface area (Å²) in [5.74, 6) is 0.384. The van der Waals surface area contributed by atoms with Crippen LogP contribution in [0.4, 0.5) is 5.82 Å². The minimum atomic E-state index is -3.99. The molecule has 0 radical (unpaired) electrons. The van der Waals surface area contributed by atoms with Crippen LogP contribution in [0.3, 0.4) is 0 Å². The van der Waals surface area contributed by atoms with Gasteiger partial charge in [0.15, 0.2) is 5.65 Å². The number of benzene rings is 3. The number of rotatable bonds is 5. The Morgan fingerprint density at radius 2 is 1.63 bits per heavy atom. The summed E-state index contributed by atoms with van der Waals surface area (Å²) in [6, 6.07) is 22.0. The first-order chi connectivity index (χ1) is 16.8. The highest BCUT2D eigenvalue weighted by Crippen LogP contribution is 2.35. The molecule has 0 aliphatic carbocycles. The van der Waals surface area contributed by atoms with Crippen LogP contribution < -0.4 is 5.73 Å². The van der Waals surface area contributed by atoms with Gasteiger partial charge in [-0.05, 0) is 53.8 Å². The topological polar surface area (TPSA) is 103 Å². The molecule has 2 heterocycles. The second-order valence-electron chi connectivity index (χ2n) is 8.80. The van der Waals surface area contributed by atoms with Gasteiger partial charge in [0.05, 0.1) is 22.1 Å². The molecule has 0 bridgehead atoms. The normalized spacial score (nSPS) is 12.3. The van der Waals surface area contributed by atoms with Gasteiger partial charge in [0.25, 0.3) is 0 Å². The van der Waals surface area contributed by atoms with E-state index in [1.165, 1.54) is 10.2 Å². The van der Waals surface area contributed by atoms with Crippen LogP contribution in [0, 0.1) is 6.92 Å². The van der Waals surface area contributed by atoms with Gasteiger partial charge < -0.3 is 5.73 Å². The molecule has 0 unspecified atom stereocenters. The third kappa shape index (κ3) is 4.06. The van der Waals surface area contributed by atoms with E-state index in [1.54, 1.807) is 30.5 Å². The van der Waals surface area contributed by atoms with Crippen molar-refractivity contribution in [1.29, 1.82) is 0 Å². The highest BCUT2D eigenvalue weighted by molar-refractivity contribution is 7.92. The van der Waals surface area contributed by atoms with Crippen LogP contribution in [0.1, 0.15) is 36.5 Å². The molecule has 0 amide bonds. The summed E-state index contributed by atoms with van der Waals surface area (Å²) in [7, 11) is -3.99. The van der Waals surface area contributed by atoms with Crippen molar-refractivity contribution in [3.63, 3.8) is 0 Å². The van der Waals surface area contributed by atoms with Crippen molar-refractivity contribution < 1.29 is 8.42 Å². The summed E-state index contributed by atoms with van der Waals surface area (Å²) >= 11 is 0. The largest absolute Gasteiger partial charge is 0.382 e. The van der Waals surface area contributed by atoms with E-state index in [0.29, 0.717) is 17.0 Å². The summed E-state index contributed by atoms with van der Waals surface area (Å²) < 4.78 is 28.8. The predicted molar refractivity (Wildman–Crippen MR) is 140 cm³/mol. The minimum absolute atomic E-state index is 0.0353. The molecule has 7 nitrogen and oxygen atoms in total. The summed E-state index contributed by atoms with van der Waals surface area (Å²) in [6.45, 7) is 6.11. The average molecular weight is 484 g/mol. The Labute approximate surface area is 203 Å². The molecule has 8 heteroatoms. The number of sulfone groups is 1. The van der Waals surface area contributed by atoms with Crippen LogP contribution >= 0.6 is 0 Å². The van der Waals surface area contributed by atoms with Gasteiger partial charge in [-0.15, -0.1) is 0 Å². The maximum Gasteiger partial charge on any atom is 0.212 e. The Kier molecular flexibility index (Phi) is 5.61. The van der Waals surface area contributed by atoms with E-state index in [1.807, 2.05) is 55.5 Å². The maximum atomic E-state index is 13.7. The van der Waals surface area contributed by atoms with Crippen molar-refractivity contribution in [3.8, 4) is 0 Å². The molecule has 0 saturated carbocycles. The zero-order chi connectivity index (χ0) is 24.7. The summed E-state index contributed by atoms with van der Waals surface area (Å²) in [5, 5.41) is 4.53. The second-order valence-corrected chi connectivity index (χ2v) is 10.7. The first-order valence-electron chi connectivity index (χ1n) is 11.3. The van der Waals surface area contributed by atoms with E-state index in [0.717, 1.165) is 11.1 Å². The van der Waals surface area contributed by atoms with Crippen LogP contribution in [0.2, 0.25) is 0 Å². The fourth-order valence-corrected chi connectivity index (χ4v) is 5.58. The number of nitrogen functional groups attached to an aromatic ring is 1. The Bertz CT molecular complexity index is 1700. The standard InChI is InChI=1S/C27H25N5O2S/c1-17(2)20-13-11-19(12-14-20)16-29-32-26(28)25(35(33,34)21-8-6-7-18(3)15-21)24-27(32)31-23-10-5-4-9-22(23)30-24/h4-17H,28H2,1-3H3. The molecule has 0 spiro atoms. The van der Waals surface area contributed by atoms with Crippen molar-refractivity contribution in [2.75, 3.05) is 5.73 Å². The van der Waals surface area contributed by atoms with Crippen LogP contribution in [-0.2, 0) is 9.84 Å². The molecule has 0 atom stereocenters. The van der Waals surface area contributed by atoms with Gasteiger partial charge in [-0.3, -0.25) is 0 Å². The van der Waals surface area contributed by atoms with Crippen LogP contribution in [0.25, 0.3) is 22.2 Å². The smallest absolute Gasteiger partial charge is 0.212 e. The lowest BCUT2D eigenvalue weighted by Crippen LogP contribution is -2.07. The molecule has 0 saturated heterocycles. The number of aryl methyl sites for hydroxylation is 1. The van der Waals surface area contributed by atoms with E-state index in [-0.39, 0.29) is 26.8 Å². The zero-order valence-electron chi connectivity index (χ0n) is 19.7. The van der Waals surface area contributed by atoms with Gasteiger partial charge in [0, 0.05) is 0 Å². The number of aromatic nitrogens is 3.